The fourth-order valence-corrected chi connectivity index (χ4v) is 4.68. The largest absolute Gasteiger partial charge is 0.455 e. The predicted octanol–water partition coefficient (Wildman–Crippen LogP) is 5.73. The number of ether oxygens (including phenoxy) is 6. The van der Waals surface area contributed by atoms with Gasteiger partial charge in [0.15, 0.2) is 18.5 Å². The molecule has 0 radical (unpaired) electrons. The van der Waals surface area contributed by atoms with Crippen LogP contribution in [-0.2, 0) is 46.4 Å². The number of carbonyl (C=O) groups excluding carboxylic acids is 2. The van der Waals surface area contributed by atoms with Gasteiger partial charge >= 0.3 is 11.9 Å². The number of hydrogen-bond acceptors (Lipinski definition) is 8. The molecule has 0 amide bonds. The van der Waals surface area contributed by atoms with Crippen molar-refractivity contribution in [3.05, 3.63) is 108 Å². The first-order valence-electron chi connectivity index (χ1n) is 14.4. The summed E-state index contributed by atoms with van der Waals surface area (Å²) in [4.78, 5) is 26.5. The van der Waals surface area contributed by atoms with Gasteiger partial charge in [0.1, 0.15) is 12.2 Å². The second-order valence-corrected chi connectivity index (χ2v) is 10.4. The van der Waals surface area contributed by atoms with Crippen LogP contribution >= 0.6 is 0 Å². The van der Waals surface area contributed by atoms with Crippen molar-refractivity contribution in [3.8, 4) is 0 Å². The van der Waals surface area contributed by atoms with Crippen LogP contribution < -0.4 is 0 Å². The molecule has 0 bridgehead atoms. The van der Waals surface area contributed by atoms with Gasteiger partial charge in [-0.05, 0) is 29.2 Å². The van der Waals surface area contributed by atoms with Crippen LogP contribution in [0, 0.1) is 5.92 Å². The molecular weight excluding hydrogens is 536 g/mol. The maximum atomic E-state index is 13.3. The Morgan fingerprint density at radius 3 is 1.98 bits per heavy atom. The van der Waals surface area contributed by atoms with Crippen LogP contribution in [0.3, 0.4) is 0 Å². The molecule has 0 spiro atoms. The maximum Gasteiger partial charge on any atom is 0.338 e. The van der Waals surface area contributed by atoms with E-state index in [4.69, 9.17) is 28.4 Å². The summed E-state index contributed by atoms with van der Waals surface area (Å²) in [5, 5.41) is 0. The summed E-state index contributed by atoms with van der Waals surface area (Å²) in [6.45, 7) is 4.60. The fraction of sp³-hybridized carbons (Fsp3) is 0.412. The summed E-state index contributed by atoms with van der Waals surface area (Å²) in [5.41, 5.74) is 2.26. The molecule has 0 N–H and O–H groups in total. The molecule has 8 heteroatoms. The van der Waals surface area contributed by atoms with E-state index >= 15 is 0 Å². The zero-order valence-corrected chi connectivity index (χ0v) is 24.4. The van der Waals surface area contributed by atoms with Crippen LogP contribution in [0.15, 0.2) is 91.0 Å². The van der Waals surface area contributed by atoms with Crippen molar-refractivity contribution in [2.24, 2.45) is 5.92 Å². The van der Waals surface area contributed by atoms with E-state index in [0.717, 1.165) is 17.5 Å². The topological polar surface area (TPSA) is 89.5 Å². The van der Waals surface area contributed by atoms with Crippen molar-refractivity contribution in [1.82, 2.24) is 0 Å². The Hall–Kier alpha value is -3.56. The highest BCUT2D eigenvalue weighted by Gasteiger charge is 2.51. The molecule has 224 valence electrons. The van der Waals surface area contributed by atoms with Gasteiger partial charge in [-0.3, -0.25) is 4.79 Å². The van der Waals surface area contributed by atoms with Gasteiger partial charge in [0, 0.05) is 13.5 Å². The first-order valence-corrected chi connectivity index (χ1v) is 14.4. The summed E-state index contributed by atoms with van der Waals surface area (Å²) < 4.78 is 36.5. The molecule has 42 heavy (non-hydrogen) atoms. The molecule has 0 unspecified atom stereocenters. The first-order chi connectivity index (χ1) is 20.5. The highest BCUT2D eigenvalue weighted by molar-refractivity contribution is 5.89. The lowest BCUT2D eigenvalue weighted by Crippen LogP contribution is -2.62. The second kappa shape index (κ2) is 16.2. The van der Waals surface area contributed by atoms with Gasteiger partial charge in [0.2, 0.25) is 0 Å². The summed E-state index contributed by atoms with van der Waals surface area (Å²) in [7, 11) is 1.50. The van der Waals surface area contributed by atoms with Crippen molar-refractivity contribution >= 4 is 11.9 Å². The molecule has 3 aromatic carbocycles. The predicted molar refractivity (Wildman–Crippen MR) is 156 cm³/mol. The smallest absolute Gasteiger partial charge is 0.338 e. The molecule has 1 fully saturated rings. The first kappa shape index (κ1) is 31.4. The third-order valence-corrected chi connectivity index (χ3v) is 7.23. The molecule has 0 saturated carbocycles. The van der Waals surface area contributed by atoms with E-state index in [1.807, 2.05) is 80.6 Å². The number of hydrogen-bond donors (Lipinski definition) is 0. The molecule has 0 aliphatic carbocycles. The van der Waals surface area contributed by atoms with E-state index in [0.29, 0.717) is 12.2 Å². The van der Waals surface area contributed by atoms with Crippen LogP contribution in [0.5, 0.6) is 0 Å². The molecule has 1 aliphatic rings. The average molecular weight is 577 g/mol. The van der Waals surface area contributed by atoms with E-state index in [-0.39, 0.29) is 25.6 Å². The third kappa shape index (κ3) is 8.97. The van der Waals surface area contributed by atoms with Crippen molar-refractivity contribution in [1.29, 1.82) is 0 Å². The van der Waals surface area contributed by atoms with E-state index in [1.165, 1.54) is 7.11 Å². The Labute approximate surface area is 247 Å². The minimum Gasteiger partial charge on any atom is -0.455 e. The summed E-state index contributed by atoms with van der Waals surface area (Å²) >= 11 is 0. The SMILES string of the molecule is CC[C@@H](C)CC(=O)O[C@H]1[C@@H](OC(=O)c2ccccc2)[C@@H](COCc2ccccc2)O[C@H](OC)[C@@H]1OCc1ccccc1. The summed E-state index contributed by atoms with van der Waals surface area (Å²) in [6.07, 6.45) is -3.60. The van der Waals surface area contributed by atoms with Crippen LogP contribution in [0.4, 0.5) is 0 Å². The molecule has 6 atom stereocenters. The van der Waals surface area contributed by atoms with Crippen LogP contribution in [0.2, 0.25) is 0 Å². The monoisotopic (exact) mass is 576 g/mol. The highest BCUT2D eigenvalue weighted by Crippen LogP contribution is 2.31. The second-order valence-electron chi connectivity index (χ2n) is 10.4. The van der Waals surface area contributed by atoms with E-state index in [1.54, 1.807) is 24.3 Å². The lowest BCUT2D eigenvalue weighted by Gasteiger charge is -2.44. The maximum absolute atomic E-state index is 13.3. The van der Waals surface area contributed by atoms with E-state index in [9.17, 15) is 9.59 Å². The van der Waals surface area contributed by atoms with Crippen molar-refractivity contribution < 1.29 is 38.0 Å². The number of benzene rings is 3. The molecule has 8 nitrogen and oxygen atoms in total. The molecule has 3 aromatic rings. The average Bonchev–Trinajstić information content (AvgIpc) is 3.02. The minimum atomic E-state index is -1.03. The van der Waals surface area contributed by atoms with Crippen LogP contribution in [0.25, 0.3) is 0 Å². The van der Waals surface area contributed by atoms with Gasteiger partial charge in [-0.2, -0.15) is 0 Å². The lowest BCUT2D eigenvalue weighted by atomic mass is 9.97. The molecule has 1 aliphatic heterocycles. The number of esters is 2. The van der Waals surface area contributed by atoms with Gasteiger partial charge < -0.3 is 28.4 Å². The van der Waals surface area contributed by atoms with Gasteiger partial charge in [0.25, 0.3) is 0 Å². The summed E-state index contributed by atoms with van der Waals surface area (Å²) in [5.74, 6) is -0.864. The van der Waals surface area contributed by atoms with Gasteiger partial charge in [-0.1, -0.05) is 99.1 Å². The highest BCUT2D eigenvalue weighted by atomic mass is 16.7. The summed E-state index contributed by atoms with van der Waals surface area (Å²) in [6, 6.07) is 28.0. The lowest BCUT2D eigenvalue weighted by molar-refractivity contribution is -0.309. The van der Waals surface area contributed by atoms with Crippen LogP contribution in [-0.4, -0.2) is 56.4 Å². The normalized spacial score (nSPS) is 22.7. The number of carbonyl (C=O) groups is 2. The molecule has 4 rings (SSSR count). The Morgan fingerprint density at radius 1 is 0.786 bits per heavy atom. The minimum absolute atomic E-state index is 0.0618. The molecular formula is C34H40O8. The molecule has 0 aromatic heterocycles. The Morgan fingerprint density at radius 2 is 1.38 bits per heavy atom. The quantitative estimate of drug-likeness (QED) is 0.225. The number of methoxy groups -OCH3 is 1. The number of rotatable bonds is 14. The molecule has 1 saturated heterocycles. The standard InChI is InChI=1S/C34H40O8/c1-4-24(2)20-29(35)41-31-30(42-33(36)27-18-12-7-13-19-27)28(23-38-21-25-14-8-5-9-15-25)40-34(37-3)32(31)39-22-26-16-10-6-11-17-26/h5-19,24,28,30-32,34H,4,20-23H2,1-3H3/t24-,28-,30+,31+,32-,34+/m1/s1. The Bertz CT molecular complexity index is 1220. The Kier molecular flexibility index (Phi) is 12.1. The van der Waals surface area contributed by atoms with Crippen molar-refractivity contribution in [3.63, 3.8) is 0 Å². The zero-order valence-electron chi connectivity index (χ0n) is 24.4. The van der Waals surface area contributed by atoms with Gasteiger partial charge in [0.05, 0.1) is 25.4 Å². The zero-order chi connectivity index (χ0) is 29.7. The van der Waals surface area contributed by atoms with Crippen LogP contribution in [0.1, 0.15) is 48.2 Å². The Balaban J connectivity index is 1.62. The van der Waals surface area contributed by atoms with E-state index < -0.39 is 42.6 Å². The van der Waals surface area contributed by atoms with Gasteiger partial charge in [-0.25, -0.2) is 4.79 Å². The molecule has 1 heterocycles. The van der Waals surface area contributed by atoms with Crippen molar-refractivity contribution in [2.75, 3.05) is 13.7 Å². The van der Waals surface area contributed by atoms with Crippen molar-refractivity contribution in [2.45, 2.75) is 70.6 Å². The van der Waals surface area contributed by atoms with E-state index in [2.05, 4.69) is 0 Å². The van der Waals surface area contributed by atoms with Gasteiger partial charge in [-0.15, -0.1) is 0 Å². The third-order valence-electron chi connectivity index (χ3n) is 7.23. The fourth-order valence-electron chi connectivity index (χ4n) is 4.68.